The molecule has 94 valence electrons. The van der Waals surface area contributed by atoms with Crippen molar-refractivity contribution in [1.29, 1.82) is 0 Å². The number of ether oxygens (including phenoxy) is 1. The van der Waals surface area contributed by atoms with Crippen molar-refractivity contribution in [1.82, 2.24) is 9.97 Å². The molecule has 0 saturated carbocycles. The second kappa shape index (κ2) is 4.86. The van der Waals surface area contributed by atoms with Crippen LogP contribution in [0.3, 0.4) is 0 Å². The molecule has 0 unspecified atom stereocenters. The van der Waals surface area contributed by atoms with Crippen LogP contribution in [-0.4, -0.2) is 9.97 Å². The van der Waals surface area contributed by atoms with Crippen LogP contribution in [0.25, 0.3) is 0 Å². The van der Waals surface area contributed by atoms with E-state index in [-0.39, 0.29) is 16.8 Å². The summed E-state index contributed by atoms with van der Waals surface area (Å²) >= 11 is 5.87. The highest BCUT2D eigenvalue weighted by atomic mass is 35.5. The fourth-order valence-corrected chi connectivity index (χ4v) is 1.57. The molecule has 0 fully saturated rings. The van der Waals surface area contributed by atoms with Gasteiger partial charge in [-0.3, -0.25) is 0 Å². The largest absolute Gasteiger partial charge is 0.438 e. The predicted molar refractivity (Wildman–Crippen MR) is 62.9 cm³/mol. The van der Waals surface area contributed by atoms with Gasteiger partial charge in [-0.15, -0.1) is 0 Å². The van der Waals surface area contributed by atoms with E-state index in [0.29, 0.717) is 11.4 Å². The molecule has 1 heterocycles. The average molecular weight is 271 g/mol. The minimum absolute atomic E-state index is 0.0183. The lowest BCUT2D eigenvalue weighted by molar-refractivity contribution is 0.445. The van der Waals surface area contributed by atoms with E-state index in [1.165, 1.54) is 0 Å². The van der Waals surface area contributed by atoms with Crippen LogP contribution in [-0.2, 0) is 0 Å². The molecule has 0 saturated heterocycles. The molecule has 0 aliphatic carbocycles. The molecule has 6 heteroatoms. The average Bonchev–Trinajstić information content (AvgIpc) is 2.23. The van der Waals surface area contributed by atoms with E-state index < -0.39 is 11.6 Å². The van der Waals surface area contributed by atoms with Gasteiger partial charge in [-0.25, -0.2) is 13.8 Å². The number of nitrogens with zero attached hydrogens (tertiary/aromatic N) is 2. The first-order chi connectivity index (χ1) is 8.45. The molecule has 0 atom stereocenters. The fraction of sp³-hybridized carbons (Fsp3) is 0.167. The van der Waals surface area contributed by atoms with Crippen LogP contribution in [0.2, 0.25) is 5.15 Å². The Balaban J connectivity index is 2.39. The van der Waals surface area contributed by atoms with Crippen molar-refractivity contribution in [3.8, 4) is 11.6 Å². The Kier molecular flexibility index (Phi) is 3.43. The number of hydrogen-bond acceptors (Lipinski definition) is 3. The van der Waals surface area contributed by atoms with E-state index >= 15 is 0 Å². The van der Waals surface area contributed by atoms with Crippen LogP contribution in [0.15, 0.2) is 18.2 Å². The first-order valence-electron chi connectivity index (χ1n) is 5.10. The molecular weight excluding hydrogens is 262 g/mol. The molecular formula is C12H9ClF2N2O. The van der Waals surface area contributed by atoms with Gasteiger partial charge in [0.25, 0.3) is 0 Å². The molecule has 1 aromatic carbocycles. The highest BCUT2D eigenvalue weighted by Crippen LogP contribution is 2.27. The van der Waals surface area contributed by atoms with Crippen LogP contribution >= 0.6 is 11.6 Å². The smallest absolute Gasteiger partial charge is 0.226 e. The maximum atomic E-state index is 13.0. The summed E-state index contributed by atoms with van der Waals surface area (Å²) in [6, 6.07) is 2.89. The third kappa shape index (κ3) is 2.73. The van der Waals surface area contributed by atoms with Gasteiger partial charge in [-0.1, -0.05) is 11.6 Å². The Morgan fingerprint density at radius 3 is 2.28 bits per heavy atom. The Hall–Kier alpha value is -1.75. The quantitative estimate of drug-likeness (QED) is 0.778. The summed E-state index contributed by atoms with van der Waals surface area (Å²) in [4.78, 5) is 7.96. The van der Waals surface area contributed by atoms with Crippen LogP contribution in [0.4, 0.5) is 8.78 Å². The second-order valence-electron chi connectivity index (χ2n) is 3.70. The summed E-state index contributed by atoms with van der Waals surface area (Å²) < 4.78 is 31.3. The lowest BCUT2D eigenvalue weighted by Gasteiger charge is -2.09. The molecule has 2 rings (SSSR count). The topological polar surface area (TPSA) is 35.0 Å². The zero-order chi connectivity index (χ0) is 13.3. The van der Waals surface area contributed by atoms with E-state index in [1.54, 1.807) is 13.8 Å². The molecule has 0 aliphatic rings. The van der Waals surface area contributed by atoms with Gasteiger partial charge < -0.3 is 4.74 Å². The summed E-state index contributed by atoms with van der Waals surface area (Å²) in [5.41, 5.74) is 0.506. The highest BCUT2D eigenvalue weighted by molar-refractivity contribution is 6.30. The summed E-state index contributed by atoms with van der Waals surface area (Å²) in [6.07, 6.45) is 0. The second-order valence-corrected chi connectivity index (χ2v) is 4.06. The van der Waals surface area contributed by atoms with Gasteiger partial charge in [0.15, 0.2) is 0 Å². The Morgan fingerprint density at radius 1 is 1.06 bits per heavy atom. The first kappa shape index (κ1) is 12.7. The molecule has 3 nitrogen and oxygen atoms in total. The van der Waals surface area contributed by atoms with Crippen molar-refractivity contribution < 1.29 is 13.5 Å². The number of benzene rings is 1. The van der Waals surface area contributed by atoms with Crippen molar-refractivity contribution in [3.63, 3.8) is 0 Å². The molecule has 1 aromatic heterocycles. The van der Waals surface area contributed by atoms with Gasteiger partial charge in [-0.2, -0.15) is 4.98 Å². The van der Waals surface area contributed by atoms with Crippen molar-refractivity contribution >= 4 is 11.6 Å². The SMILES string of the molecule is Cc1nc(Cl)c(C)c(Oc2cc(F)cc(F)c2)n1. The van der Waals surface area contributed by atoms with E-state index in [9.17, 15) is 8.78 Å². The maximum absolute atomic E-state index is 13.0. The molecule has 0 N–H and O–H groups in total. The zero-order valence-electron chi connectivity index (χ0n) is 9.67. The number of rotatable bonds is 2. The van der Waals surface area contributed by atoms with Crippen LogP contribution < -0.4 is 4.74 Å². The molecule has 18 heavy (non-hydrogen) atoms. The highest BCUT2D eigenvalue weighted by Gasteiger charge is 2.11. The maximum Gasteiger partial charge on any atom is 0.226 e. The normalized spacial score (nSPS) is 10.5. The summed E-state index contributed by atoms with van der Waals surface area (Å²) in [5, 5.41) is 0.245. The fourth-order valence-electron chi connectivity index (χ4n) is 1.37. The first-order valence-corrected chi connectivity index (χ1v) is 5.48. The minimum atomic E-state index is -0.723. The van der Waals surface area contributed by atoms with Crippen molar-refractivity contribution in [2.75, 3.05) is 0 Å². The summed E-state index contributed by atoms with van der Waals surface area (Å²) in [6.45, 7) is 3.30. The van der Waals surface area contributed by atoms with E-state index in [1.807, 2.05) is 0 Å². The minimum Gasteiger partial charge on any atom is -0.438 e. The molecule has 0 radical (unpaired) electrons. The van der Waals surface area contributed by atoms with Gasteiger partial charge in [-0.05, 0) is 13.8 Å². The van der Waals surface area contributed by atoms with Gasteiger partial charge in [0.1, 0.15) is 28.4 Å². The zero-order valence-corrected chi connectivity index (χ0v) is 10.4. The Bertz CT molecular complexity index is 585. The number of aryl methyl sites for hydroxylation is 1. The standard InChI is InChI=1S/C12H9ClF2N2O/c1-6-11(13)16-7(2)17-12(6)18-10-4-8(14)3-9(15)5-10/h3-5H,1-2H3. The lowest BCUT2D eigenvalue weighted by atomic mass is 10.3. The van der Waals surface area contributed by atoms with Crippen LogP contribution in [0.1, 0.15) is 11.4 Å². The summed E-state index contributed by atoms with van der Waals surface area (Å²) in [7, 11) is 0. The Labute approximate surface area is 107 Å². The predicted octanol–water partition coefficient (Wildman–Crippen LogP) is 3.82. The third-order valence-corrected chi connectivity index (χ3v) is 2.57. The molecule has 2 aromatic rings. The van der Waals surface area contributed by atoms with Crippen LogP contribution in [0.5, 0.6) is 11.6 Å². The third-order valence-electron chi connectivity index (χ3n) is 2.20. The van der Waals surface area contributed by atoms with E-state index in [2.05, 4.69) is 9.97 Å². The molecule has 0 bridgehead atoms. The van der Waals surface area contributed by atoms with Gasteiger partial charge in [0.05, 0.1) is 0 Å². The monoisotopic (exact) mass is 270 g/mol. The van der Waals surface area contributed by atoms with Crippen molar-refractivity contribution in [2.24, 2.45) is 0 Å². The van der Waals surface area contributed by atoms with Gasteiger partial charge in [0, 0.05) is 23.8 Å². The van der Waals surface area contributed by atoms with Crippen LogP contribution in [0, 0.1) is 25.5 Å². The van der Waals surface area contributed by atoms with Gasteiger partial charge >= 0.3 is 0 Å². The molecule has 0 amide bonds. The van der Waals surface area contributed by atoms with Gasteiger partial charge in [0.2, 0.25) is 5.88 Å². The Morgan fingerprint density at radius 2 is 1.67 bits per heavy atom. The molecule has 0 spiro atoms. The summed E-state index contributed by atoms with van der Waals surface area (Å²) in [5.74, 6) is -0.834. The molecule has 0 aliphatic heterocycles. The number of halogens is 3. The number of hydrogen-bond donors (Lipinski definition) is 0. The van der Waals surface area contributed by atoms with E-state index in [4.69, 9.17) is 16.3 Å². The number of aromatic nitrogens is 2. The van der Waals surface area contributed by atoms with E-state index in [0.717, 1.165) is 18.2 Å². The lowest BCUT2D eigenvalue weighted by Crippen LogP contribution is -1.98. The van der Waals surface area contributed by atoms with Crippen molar-refractivity contribution in [3.05, 3.63) is 46.4 Å². The van der Waals surface area contributed by atoms with Crippen molar-refractivity contribution in [2.45, 2.75) is 13.8 Å².